The summed E-state index contributed by atoms with van der Waals surface area (Å²) >= 11 is 0. The number of nitrogens with zero attached hydrogens (tertiary/aromatic N) is 1. The topological polar surface area (TPSA) is 55.6 Å². The number of likely N-dealkylation sites (tertiary alicyclic amines) is 1. The molecule has 0 unspecified atom stereocenters. The number of aryl methyl sites for hydroxylation is 2. The van der Waals surface area contributed by atoms with Crippen LogP contribution in [-0.2, 0) is 4.79 Å². The van der Waals surface area contributed by atoms with Gasteiger partial charge in [0.05, 0.1) is 0 Å². The minimum atomic E-state index is -0.125. The molecule has 0 radical (unpaired) electrons. The molecule has 0 spiro atoms. The first-order valence-corrected chi connectivity index (χ1v) is 8.33. The molecule has 2 aliphatic heterocycles. The van der Waals surface area contributed by atoms with Crippen LogP contribution in [-0.4, -0.2) is 37.0 Å². The Balaban J connectivity index is 1.69. The minimum Gasteiger partial charge on any atom is -0.492 e. The first kappa shape index (κ1) is 15.3. The van der Waals surface area contributed by atoms with Crippen molar-refractivity contribution in [3.05, 3.63) is 28.8 Å². The Morgan fingerprint density at radius 1 is 1.27 bits per heavy atom. The van der Waals surface area contributed by atoms with Crippen molar-refractivity contribution in [2.75, 3.05) is 26.2 Å². The number of carbonyl (C=O) groups excluding carboxylic acids is 1. The van der Waals surface area contributed by atoms with Crippen LogP contribution in [0.15, 0.2) is 12.1 Å². The van der Waals surface area contributed by atoms with Crippen molar-refractivity contribution in [2.45, 2.75) is 39.0 Å². The summed E-state index contributed by atoms with van der Waals surface area (Å²) in [6, 6.07) is 4.19. The fourth-order valence-corrected chi connectivity index (χ4v) is 3.57. The Morgan fingerprint density at radius 2 is 1.95 bits per heavy atom. The van der Waals surface area contributed by atoms with E-state index in [1.165, 1.54) is 11.1 Å². The normalized spacial score (nSPS) is 21.6. The molecular weight excluding hydrogens is 276 g/mol. The Labute approximate surface area is 132 Å². The summed E-state index contributed by atoms with van der Waals surface area (Å²) in [7, 11) is 0. The number of amides is 1. The molecule has 1 fully saturated rings. The van der Waals surface area contributed by atoms with Crippen molar-refractivity contribution < 1.29 is 9.53 Å². The standard InChI is InChI=1S/C18H26N2O2/c1-12-9-15-16(11-22-17(15)10-13(12)2)18(21)20-7-4-14(3-6-19)5-8-20/h9-10,14,16H,3-8,11,19H2,1-2H3/t16-/m1/s1. The van der Waals surface area contributed by atoms with E-state index in [1.807, 2.05) is 4.90 Å². The third-order valence-corrected chi connectivity index (χ3v) is 5.21. The van der Waals surface area contributed by atoms with Gasteiger partial charge in [0.2, 0.25) is 5.91 Å². The van der Waals surface area contributed by atoms with E-state index in [2.05, 4.69) is 26.0 Å². The second-order valence-corrected chi connectivity index (χ2v) is 6.68. The highest BCUT2D eigenvalue weighted by atomic mass is 16.5. The van der Waals surface area contributed by atoms with E-state index in [-0.39, 0.29) is 11.8 Å². The second-order valence-electron chi connectivity index (χ2n) is 6.68. The summed E-state index contributed by atoms with van der Waals surface area (Å²) in [6.45, 7) is 7.13. The lowest BCUT2D eigenvalue weighted by molar-refractivity contribution is -0.134. The maximum atomic E-state index is 12.8. The lowest BCUT2D eigenvalue weighted by Crippen LogP contribution is -2.41. The van der Waals surface area contributed by atoms with Gasteiger partial charge in [-0.3, -0.25) is 4.79 Å². The van der Waals surface area contributed by atoms with Gasteiger partial charge >= 0.3 is 0 Å². The first-order chi connectivity index (χ1) is 10.6. The van der Waals surface area contributed by atoms with Crippen LogP contribution in [0, 0.1) is 19.8 Å². The van der Waals surface area contributed by atoms with E-state index in [4.69, 9.17) is 10.5 Å². The molecule has 4 heteroatoms. The van der Waals surface area contributed by atoms with Gasteiger partial charge < -0.3 is 15.4 Å². The molecular formula is C18H26N2O2. The number of piperidine rings is 1. The fourth-order valence-electron chi connectivity index (χ4n) is 3.57. The summed E-state index contributed by atoms with van der Waals surface area (Å²) in [6.07, 6.45) is 3.24. The highest BCUT2D eigenvalue weighted by Crippen LogP contribution is 2.37. The van der Waals surface area contributed by atoms with Crippen LogP contribution in [0.5, 0.6) is 5.75 Å². The van der Waals surface area contributed by atoms with E-state index >= 15 is 0 Å². The average Bonchev–Trinajstić information content (AvgIpc) is 2.91. The van der Waals surface area contributed by atoms with Crippen molar-refractivity contribution in [3.8, 4) is 5.75 Å². The number of benzene rings is 1. The van der Waals surface area contributed by atoms with E-state index in [1.54, 1.807) is 0 Å². The molecule has 4 nitrogen and oxygen atoms in total. The molecule has 1 aromatic rings. The molecule has 1 saturated heterocycles. The van der Waals surface area contributed by atoms with Crippen LogP contribution in [0.1, 0.15) is 41.9 Å². The fraction of sp³-hybridized carbons (Fsp3) is 0.611. The summed E-state index contributed by atoms with van der Waals surface area (Å²) in [5.41, 5.74) is 9.15. The molecule has 1 amide bonds. The van der Waals surface area contributed by atoms with Crippen molar-refractivity contribution in [3.63, 3.8) is 0 Å². The predicted molar refractivity (Wildman–Crippen MR) is 87.1 cm³/mol. The predicted octanol–water partition coefficient (Wildman–Crippen LogP) is 2.37. The molecule has 2 aliphatic rings. The quantitative estimate of drug-likeness (QED) is 0.932. The summed E-state index contributed by atoms with van der Waals surface area (Å²) in [5, 5.41) is 0. The molecule has 3 rings (SSSR count). The molecule has 2 heterocycles. The molecule has 120 valence electrons. The molecule has 2 N–H and O–H groups in total. The number of nitrogens with two attached hydrogens (primary N) is 1. The third kappa shape index (κ3) is 2.84. The third-order valence-electron chi connectivity index (χ3n) is 5.21. The zero-order valence-electron chi connectivity index (χ0n) is 13.6. The Morgan fingerprint density at radius 3 is 2.64 bits per heavy atom. The van der Waals surface area contributed by atoms with E-state index in [0.717, 1.165) is 50.2 Å². The Bertz CT molecular complexity index is 562. The maximum Gasteiger partial charge on any atom is 0.233 e. The number of fused-ring (bicyclic) bond motifs is 1. The van der Waals surface area contributed by atoms with Crippen LogP contribution in [0.3, 0.4) is 0 Å². The van der Waals surface area contributed by atoms with Gasteiger partial charge in [0.15, 0.2) is 0 Å². The highest BCUT2D eigenvalue weighted by molar-refractivity contribution is 5.85. The van der Waals surface area contributed by atoms with Crippen LogP contribution < -0.4 is 10.5 Å². The van der Waals surface area contributed by atoms with Crippen LogP contribution in [0.25, 0.3) is 0 Å². The van der Waals surface area contributed by atoms with Crippen LogP contribution >= 0.6 is 0 Å². The number of carbonyl (C=O) groups is 1. The van der Waals surface area contributed by atoms with Crippen molar-refractivity contribution in [1.82, 2.24) is 4.90 Å². The van der Waals surface area contributed by atoms with Gasteiger partial charge in [-0.25, -0.2) is 0 Å². The smallest absolute Gasteiger partial charge is 0.233 e. The molecule has 0 saturated carbocycles. The van der Waals surface area contributed by atoms with Crippen molar-refractivity contribution in [1.29, 1.82) is 0 Å². The van der Waals surface area contributed by atoms with Gasteiger partial charge in [-0.05, 0) is 62.8 Å². The van der Waals surface area contributed by atoms with Crippen molar-refractivity contribution in [2.24, 2.45) is 11.7 Å². The lowest BCUT2D eigenvalue weighted by atomic mass is 9.91. The SMILES string of the molecule is Cc1cc2c(cc1C)[C@H](C(=O)N1CCC(CCN)CC1)CO2. The molecule has 0 aromatic heterocycles. The van der Waals surface area contributed by atoms with Gasteiger partial charge in [-0.2, -0.15) is 0 Å². The van der Waals surface area contributed by atoms with Crippen LogP contribution in [0.2, 0.25) is 0 Å². The monoisotopic (exact) mass is 302 g/mol. The van der Waals surface area contributed by atoms with Gasteiger partial charge in [-0.15, -0.1) is 0 Å². The molecule has 0 bridgehead atoms. The van der Waals surface area contributed by atoms with Gasteiger partial charge in [0.25, 0.3) is 0 Å². The zero-order chi connectivity index (χ0) is 15.7. The average molecular weight is 302 g/mol. The summed E-state index contributed by atoms with van der Waals surface area (Å²) < 4.78 is 5.75. The van der Waals surface area contributed by atoms with Crippen LogP contribution in [0.4, 0.5) is 0 Å². The van der Waals surface area contributed by atoms with Gasteiger partial charge in [-0.1, -0.05) is 6.07 Å². The first-order valence-electron chi connectivity index (χ1n) is 8.33. The maximum absolute atomic E-state index is 12.8. The van der Waals surface area contributed by atoms with Gasteiger partial charge in [0, 0.05) is 18.7 Å². The Kier molecular flexibility index (Phi) is 4.39. The van der Waals surface area contributed by atoms with Crippen molar-refractivity contribution >= 4 is 5.91 Å². The largest absolute Gasteiger partial charge is 0.492 e. The summed E-state index contributed by atoms with van der Waals surface area (Å²) in [4.78, 5) is 14.9. The molecule has 1 aromatic carbocycles. The summed E-state index contributed by atoms with van der Waals surface area (Å²) in [5.74, 6) is 1.68. The van der Waals surface area contributed by atoms with Gasteiger partial charge in [0.1, 0.15) is 18.3 Å². The molecule has 1 atom stereocenters. The Hall–Kier alpha value is -1.55. The lowest BCUT2D eigenvalue weighted by Gasteiger charge is -2.33. The minimum absolute atomic E-state index is 0.125. The highest BCUT2D eigenvalue weighted by Gasteiger charge is 2.35. The second kappa shape index (κ2) is 6.29. The van der Waals surface area contributed by atoms with E-state index in [9.17, 15) is 4.79 Å². The molecule has 0 aliphatic carbocycles. The number of ether oxygens (including phenoxy) is 1. The van der Waals surface area contributed by atoms with E-state index in [0.29, 0.717) is 12.5 Å². The zero-order valence-corrected chi connectivity index (χ0v) is 13.6. The number of hydrogen-bond donors (Lipinski definition) is 1. The number of rotatable bonds is 3. The number of hydrogen-bond acceptors (Lipinski definition) is 3. The van der Waals surface area contributed by atoms with E-state index < -0.39 is 0 Å². The molecule has 22 heavy (non-hydrogen) atoms.